The summed E-state index contributed by atoms with van der Waals surface area (Å²) in [7, 11) is 0. The highest BCUT2D eigenvalue weighted by molar-refractivity contribution is 5.53. The minimum Gasteiger partial charge on any atom is -0.396 e. The molecule has 2 aromatic rings. The fourth-order valence-corrected chi connectivity index (χ4v) is 1.72. The number of pyridine rings is 1. The van der Waals surface area contributed by atoms with Crippen LogP contribution in [-0.4, -0.2) is 27.9 Å². The number of nitrogens with zero attached hydrogens (tertiary/aromatic N) is 2. The lowest BCUT2D eigenvalue weighted by molar-refractivity contribution is 0.157. The predicted octanol–water partition coefficient (Wildman–Crippen LogP) is 1.44. The molecule has 2 N–H and O–H groups in total. The first-order chi connectivity index (χ1) is 8.12. The molecule has 0 unspecified atom stereocenters. The SMILES string of the molecule is CC(C)(CO)CNCc1cnn2ccccc12. The summed E-state index contributed by atoms with van der Waals surface area (Å²) in [6.07, 6.45) is 3.82. The van der Waals surface area contributed by atoms with Crippen LogP contribution in [0, 0.1) is 5.41 Å². The van der Waals surface area contributed by atoms with Gasteiger partial charge in [0.15, 0.2) is 0 Å². The molecule has 0 atom stereocenters. The second kappa shape index (κ2) is 4.85. The van der Waals surface area contributed by atoms with E-state index < -0.39 is 0 Å². The van der Waals surface area contributed by atoms with E-state index in [9.17, 15) is 0 Å². The molecular weight excluding hydrogens is 214 g/mol. The van der Waals surface area contributed by atoms with Gasteiger partial charge in [-0.15, -0.1) is 0 Å². The molecule has 0 aliphatic heterocycles. The fraction of sp³-hybridized carbons (Fsp3) is 0.462. The lowest BCUT2D eigenvalue weighted by atomic mass is 9.95. The number of aliphatic hydroxyl groups excluding tert-OH is 1. The number of aliphatic hydroxyl groups is 1. The van der Waals surface area contributed by atoms with Gasteiger partial charge in [-0.1, -0.05) is 19.9 Å². The number of aromatic nitrogens is 2. The third kappa shape index (κ3) is 2.84. The van der Waals surface area contributed by atoms with E-state index in [2.05, 4.69) is 16.5 Å². The van der Waals surface area contributed by atoms with Crippen LogP contribution in [0.2, 0.25) is 0 Å². The number of fused-ring (bicyclic) bond motifs is 1. The van der Waals surface area contributed by atoms with Crippen molar-refractivity contribution >= 4 is 5.52 Å². The van der Waals surface area contributed by atoms with Gasteiger partial charge in [0.25, 0.3) is 0 Å². The molecule has 0 bridgehead atoms. The Hall–Kier alpha value is -1.39. The van der Waals surface area contributed by atoms with Gasteiger partial charge in [0.05, 0.1) is 11.7 Å². The highest BCUT2D eigenvalue weighted by atomic mass is 16.3. The van der Waals surface area contributed by atoms with E-state index in [1.165, 1.54) is 5.56 Å². The van der Waals surface area contributed by atoms with Gasteiger partial charge in [-0.2, -0.15) is 5.10 Å². The molecule has 4 nitrogen and oxygen atoms in total. The molecule has 0 saturated carbocycles. The molecule has 0 radical (unpaired) electrons. The number of rotatable bonds is 5. The van der Waals surface area contributed by atoms with Crippen LogP contribution < -0.4 is 5.32 Å². The van der Waals surface area contributed by atoms with E-state index in [1.54, 1.807) is 0 Å². The number of hydrogen-bond acceptors (Lipinski definition) is 3. The van der Waals surface area contributed by atoms with E-state index in [-0.39, 0.29) is 12.0 Å². The van der Waals surface area contributed by atoms with E-state index in [4.69, 9.17) is 5.11 Å². The largest absolute Gasteiger partial charge is 0.396 e. The van der Waals surface area contributed by atoms with Crippen molar-refractivity contribution in [1.82, 2.24) is 14.9 Å². The number of nitrogens with one attached hydrogen (secondary N) is 1. The molecule has 0 saturated heterocycles. The Kier molecular flexibility index (Phi) is 3.45. The smallest absolute Gasteiger partial charge is 0.0706 e. The van der Waals surface area contributed by atoms with Gasteiger partial charge in [0.2, 0.25) is 0 Å². The van der Waals surface area contributed by atoms with Crippen LogP contribution in [0.15, 0.2) is 30.6 Å². The second-order valence-electron chi connectivity index (χ2n) is 5.13. The molecule has 0 aromatic carbocycles. The molecule has 92 valence electrons. The van der Waals surface area contributed by atoms with E-state index >= 15 is 0 Å². The Morgan fingerprint density at radius 3 is 3.00 bits per heavy atom. The van der Waals surface area contributed by atoms with Crippen molar-refractivity contribution < 1.29 is 5.11 Å². The van der Waals surface area contributed by atoms with Crippen molar-refractivity contribution in [3.8, 4) is 0 Å². The third-order valence-electron chi connectivity index (χ3n) is 2.85. The van der Waals surface area contributed by atoms with Crippen molar-refractivity contribution in [1.29, 1.82) is 0 Å². The van der Waals surface area contributed by atoms with Crippen LogP contribution in [0.25, 0.3) is 5.52 Å². The Balaban J connectivity index is 2.00. The maximum atomic E-state index is 9.17. The summed E-state index contributed by atoms with van der Waals surface area (Å²) < 4.78 is 1.87. The Morgan fingerprint density at radius 2 is 2.24 bits per heavy atom. The first kappa shape index (κ1) is 12.1. The predicted molar refractivity (Wildman–Crippen MR) is 67.8 cm³/mol. The molecule has 0 fully saturated rings. The first-order valence-corrected chi connectivity index (χ1v) is 5.85. The third-order valence-corrected chi connectivity index (χ3v) is 2.85. The van der Waals surface area contributed by atoms with Gasteiger partial charge < -0.3 is 10.4 Å². The normalized spacial score (nSPS) is 12.2. The van der Waals surface area contributed by atoms with Gasteiger partial charge in [-0.05, 0) is 12.1 Å². The van der Waals surface area contributed by atoms with Crippen molar-refractivity contribution in [3.63, 3.8) is 0 Å². The molecule has 0 aliphatic carbocycles. The summed E-state index contributed by atoms with van der Waals surface area (Å²) >= 11 is 0. The molecular formula is C13H19N3O. The van der Waals surface area contributed by atoms with Gasteiger partial charge >= 0.3 is 0 Å². The minimum atomic E-state index is -0.0804. The van der Waals surface area contributed by atoms with Crippen LogP contribution in [-0.2, 0) is 6.54 Å². The zero-order chi connectivity index (χ0) is 12.3. The lowest BCUT2D eigenvalue weighted by Crippen LogP contribution is -2.31. The van der Waals surface area contributed by atoms with Crippen molar-refractivity contribution in [2.24, 2.45) is 5.41 Å². The van der Waals surface area contributed by atoms with Gasteiger partial charge in [0, 0.05) is 36.9 Å². The maximum Gasteiger partial charge on any atom is 0.0706 e. The van der Waals surface area contributed by atoms with Gasteiger partial charge in [0.1, 0.15) is 0 Å². The molecule has 0 aliphatic rings. The summed E-state index contributed by atoms with van der Waals surface area (Å²) in [6, 6.07) is 6.03. The molecule has 4 heteroatoms. The van der Waals surface area contributed by atoms with Gasteiger partial charge in [-0.25, -0.2) is 4.52 Å². The molecule has 2 rings (SSSR count). The average Bonchev–Trinajstić information content (AvgIpc) is 2.73. The standard InChI is InChI=1S/C13H19N3O/c1-13(2,10-17)9-14-7-11-8-15-16-6-4-3-5-12(11)16/h3-6,8,14,17H,7,9-10H2,1-2H3. The highest BCUT2D eigenvalue weighted by Gasteiger charge is 2.15. The van der Waals surface area contributed by atoms with Crippen LogP contribution in [0.1, 0.15) is 19.4 Å². The zero-order valence-corrected chi connectivity index (χ0v) is 10.3. The van der Waals surface area contributed by atoms with Crippen molar-refractivity contribution in [3.05, 3.63) is 36.2 Å². The Bertz CT molecular complexity index is 490. The zero-order valence-electron chi connectivity index (χ0n) is 10.3. The Morgan fingerprint density at radius 1 is 1.41 bits per heavy atom. The van der Waals surface area contributed by atoms with Crippen molar-refractivity contribution in [2.45, 2.75) is 20.4 Å². The Labute approximate surface area is 101 Å². The summed E-state index contributed by atoms with van der Waals surface area (Å²) in [6.45, 7) is 5.82. The van der Waals surface area contributed by atoms with E-state index in [0.29, 0.717) is 0 Å². The summed E-state index contributed by atoms with van der Waals surface area (Å²) in [5.41, 5.74) is 2.23. The summed E-state index contributed by atoms with van der Waals surface area (Å²) in [5, 5.41) is 16.8. The molecule has 2 heterocycles. The quantitative estimate of drug-likeness (QED) is 0.821. The highest BCUT2D eigenvalue weighted by Crippen LogP contribution is 2.13. The topological polar surface area (TPSA) is 49.6 Å². The van der Waals surface area contributed by atoms with E-state index in [0.717, 1.165) is 18.6 Å². The minimum absolute atomic E-state index is 0.0804. The van der Waals surface area contributed by atoms with Crippen LogP contribution in [0.5, 0.6) is 0 Å². The average molecular weight is 233 g/mol. The number of hydrogen-bond donors (Lipinski definition) is 2. The fourth-order valence-electron chi connectivity index (χ4n) is 1.72. The second-order valence-corrected chi connectivity index (χ2v) is 5.13. The molecule has 17 heavy (non-hydrogen) atoms. The van der Waals surface area contributed by atoms with Gasteiger partial charge in [-0.3, -0.25) is 0 Å². The maximum absolute atomic E-state index is 9.17. The molecule has 2 aromatic heterocycles. The summed E-state index contributed by atoms with van der Waals surface area (Å²) in [5.74, 6) is 0. The monoisotopic (exact) mass is 233 g/mol. The van der Waals surface area contributed by atoms with Crippen LogP contribution in [0.3, 0.4) is 0 Å². The van der Waals surface area contributed by atoms with Crippen LogP contribution >= 0.6 is 0 Å². The lowest BCUT2D eigenvalue weighted by Gasteiger charge is -2.21. The molecule has 0 spiro atoms. The van der Waals surface area contributed by atoms with Crippen LogP contribution in [0.4, 0.5) is 0 Å². The van der Waals surface area contributed by atoms with E-state index in [1.807, 2.05) is 42.9 Å². The summed E-state index contributed by atoms with van der Waals surface area (Å²) in [4.78, 5) is 0. The van der Waals surface area contributed by atoms with Crippen molar-refractivity contribution in [2.75, 3.05) is 13.2 Å². The molecule has 0 amide bonds. The first-order valence-electron chi connectivity index (χ1n) is 5.85.